The third-order valence-electron chi connectivity index (χ3n) is 5.09. The summed E-state index contributed by atoms with van der Waals surface area (Å²) in [6.45, 7) is 5.33. The number of para-hydroxylation sites is 2. The first-order valence-electron chi connectivity index (χ1n) is 9.58. The molecule has 1 amide bonds. The smallest absolute Gasteiger partial charge is 0.243 e. The Kier molecular flexibility index (Phi) is 5.21. The molecule has 1 aliphatic rings. The van der Waals surface area contributed by atoms with E-state index in [1.807, 2.05) is 36.4 Å². The van der Waals surface area contributed by atoms with Gasteiger partial charge in [0.2, 0.25) is 5.91 Å². The van der Waals surface area contributed by atoms with E-state index in [0.29, 0.717) is 30.1 Å². The van der Waals surface area contributed by atoms with Gasteiger partial charge in [-0.05, 0) is 29.7 Å². The SMILES string of the molecule is C=CCNC(=O)[C@@H](C#N)c1nc2ccccc2nc1N1CCc2ccccc2C1. The molecule has 1 N–H and O–H groups in total. The van der Waals surface area contributed by atoms with Gasteiger partial charge in [0.25, 0.3) is 0 Å². The zero-order chi connectivity index (χ0) is 20.2. The van der Waals surface area contributed by atoms with Crippen molar-refractivity contribution in [2.45, 2.75) is 18.9 Å². The Hall–Kier alpha value is -3.72. The molecule has 2 aromatic carbocycles. The van der Waals surface area contributed by atoms with E-state index in [1.54, 1.807) is 6.08 Å². The Bertz CT molecular complexity index is 1120. The maximum atomic E-state index is 12.6. The molecule has 0 unspecified atom stereocenters. The van der Waals surface area contributed by atoms with E-state index < -0.39 is 11.8 Å². The first kappa shape index (κ1) is 18.6. The van der Waals surface area contributed by atoms with Crippen molar-refractivity contribution in [1.29, 1.82) is 5.26 Å². The fourth-order valence-corrected chi connectivity index (χ4v) is 3.63. The molecule has 6 heteroatoms. The summed E-state index contributed by atoms with van der Waals surface area (Å²) in [6.07, 6.45) is 2.46. The molecule has 0 radical (unpaired) electrons. The highest BCUT2D eigenvalue weighted by Gasteiger charge is 2.29. The molecular weight excluding hydrogens is 362 g/mol. The molecule has 3 aromatic rings. The summed E-state index contributed by atoms with van der Waals surface area (Å²) in [6, 6.07) is 17.9. The van der Waals surface area contributed by atoms with Crippen LogP contribution < -0.4 is 10.2 Å². The zero-order valence-corrected chi connectivity index (χ0v) is 16.0. The summed E-state index contributed by atoms with van der Waals surface area (Å²) in [5.41, 5.74) is 4.35. The normalized spacial score (nSPS) is 14.0. The summed E-state index contributed by atoms with van der Waals surface area (Å²) < 4.78 is 0. The molecule has 0 aliphatic carbocycles. The summed E-state index contributed by atoms with van der Waals surface area (Å²) in [5.74, 6) is -0.839. The van der Waals surface area contributed by atoms with Crippen molar-refractivity contribution in [2.24, 2.45) is 0 Å². The lowest BCUT2D eigenvalue weighted by atomic mass is 9.98. The van der Waals surface area contributed by atoms with Crippen LogP contribution in [0.2, 0.25) is 0 Å². The molecule has 1 atom stereocenters. The van der Waals surface area contributed by atoms with Crippen LogP contribution in [0.4, 0.5) is 5.82 Å². The van der Waals surface area contributed by atoms with E-state index in [1.165, 1.54) is 11.1 Å². The summed E-state index contributed by atoms with van der Waals surface area (Å²) in [4.78, 5) is 24.3. The number of nitrogens with one attached hydrogen (secondary N) is 1. The molecule has 2 heterocycles. The Morgan fingerprint density at radius 2 is 1.86 bits per heavy atom. The van der Waals surface area contributed by atoms with Crippen LogP contribution in [-0.4, -0.2) is 29.0 Å². The largest absolute Gasteiger partial charge is 0.351 e. The van der Waals surface area contributed by atoms with Gasteiger partial charge in [0.15, 0.2) is 11.7 Å². The third kappa shape index (κ3) is 3.67. The second-order valence-electron chi connectivity index (χ2n) is 6.96. The minimum absolute atomic E-state index is 0.296. The quantitative estimate of drug-likeness (QED) is 0.685. The van der Waals surface area contributed by atoms with E-state index in [4.69, 9.17) is 9.97 Å². The lowest BCUT2D eigenvalue weighted by Crippen LogP contribution is -2.35. The van der Waals surface area contributed by atoms with Crippen LogP contribution in [0.15, 0.2) is 61.2 Å². The van der Waals surface area contributed by atoms with Crippen molar-refractivity contribution < 1.29 is 4.79 Å². The zero-order valence-electron chi connectivity index (χ0n) is 16.0. The van der Waals surface area contributed by atoms with Crippen molar-refractivity contribution in [2.75, 3.05) is 18.0 Å². The number of nitrogens with zero attached hydrogens (tertiary/aromatic N) is 4. The summed E-state index contributed by atoms with van der Waals surface area (Å²) in [7, 11) is 0. The predicted molar refractivity (Wildman–Crippen MR) is 112 cm³/mol. The number of carbonyl (C=O) groups is 1. The Morgan fingerprint density at radius 3 is 2.59 bits per heavy atom. The van der Waals surface area contributed by atoms with Crippen LogP contribution in [0, 0.1) is 11.3 Å². The van der Waals surface area contributed by atoms with E-state index in [-0.39, 0.29) is 0 Å². The average molecular weight is 383 g/mol. The highest BCUT2D eigenvalue weighted by Crippen LogP contribution is 2.30. The predicted octanol–water partition coefficient (Wildman–Crippen LogP) is 3.10. The number of amides is 1. The second kappa shape index (κ2) is 8.11. The Labute approximate surface area is 169 Å². The number of fused-ring (bicyclic) bond motifs is 2. The number of hydrogen-bond acceptors (Lipinski definition) is 5. The van der Waals surface area contributed by atoms with E-state index in [0.717, 1.165) is 18.5 Å². The molecule has 6 nitrogen and oxygen atoms in total. The average Bonchev–Trinajstić information content (AvgIpc) is 2.77. The minimum Gasteiger partial charge on any atom is -0.351 e. The number of rotatable bonds is 5. The van der Waals surface area contributed by atoms with Gasteiger partial charge >= 0.3 is 0 Å². The molecule has 1 aromatic heterocycles. The van der Waals surface area contributed by atoms with Gasteiger partial charge in [-0.3, -0.25) is 4.79 Å². The standard InChI is InChI=1S/C23H21N5O/c1-2-12-25-23(29)18(14-24)21-22(27-20-10-6-5-9-19(20)26-21)28-13-11-16-7-3-4-8-17(16)15-28/h2-10,18H,1,11-13,15H2,(H,25,29)/t18-/m0/s1. The van der Waals surface area contributed by atoms with E-state index >= 15 is 0 Å². The molecule has 0 spiro atoms. The van der Waals surface area contributed by atoms with Gasteiger partial charge in [-0.2, -0.15) is 5.26 Å². The fourth-order valence-electron chi connectivity index (χ4n) is 3.63. The van der Waals surface area contributed by atoms with Gasteiger partial charge in [-0.15, -0.1) is 6.58 Å². The van der Waals surface area contributed by atoms with Gasteiger partial charge in [-0.25, -0.2) is 9.97 Å². The Morgan fingerprint density at radius 1 is 1.17 bits per heavy atom. The van der Waals surface area contributed by atoms with Crippen LogP contribution in [0.25, 0.3) is 11.0 Å². The Balaban J connectivity index is 1.80. The highest BCUT2D eigenvalue weighted by atomic mass is 16.1. The van der Waals surface area contributed by atoms with Crippen molar-refractivity contribution in [1.82, 2.24) is 15.3 Å². The van der Waals surface area contributed by atoms with Gasteiger partial charge in [0, 0.05) is 19.6 Å². The van der Waals surface area contributed by atoms with Gasteiger partial charge in [-0.1, -0.05) is 42.5 Å². The first-order chi connectivity index (χ1) is 14.2. The van der Waals surface area contributed by atoms with Gasteiger partial charge < -0.3 is 10.2 Å². The molecule has 0 fully saturated rings. The maximum Gasteiger partial charge on any atom is 0.243 e. The maximum absolute atomic E-state index is 12.6. The number of anilines is 1. The monoisotopic (exact) mass is 383 g/mol. The molecule has 1 aliphatic heterocycles. The van der Waals surface area contributed by atoms with Crippen molar-refractivity contribution in [3.05, 3.63) is 78.0 Å². The van der Waals surface area contributed by atoms with Crippen LogP contribution in [0.3, 0.4) is 0 Å². The number of aromatic nitrogens is 2. The molecular formula is C23H21N5O. The van der Waals surface area contributed by atoms with Crippen LogP contribution >= 0.6 is 0 Å². The lowest BCUT2D eigenvalue weighted by Gasteiger charge is -2.31. The van der Waals surface area contributed by atoms with Gasteiger partial charge in [0.05, 0.1) is 17.1 Å². The number of carbonyl (C=O) groups excluding carboxylic acids is 1. The van der Waals surface area contributed by atoms with Crippen molar-refractivity contribution >= 4 is 22.8 Å². The molecule has 0 saturated carbocycles. The molecule has 144 valence electrons. The number of nitriles is 1. The second-order valence-corrected chi connectivity index (χ2v) is 6.96. The number of hydrogen-bond donors (Lipinski definition) is 1. The third-order valence-corrected chi connectivity index (χ3v) is 5.09. The molecule has 4 rings (SSSR count). The van der Waals surface area contributed by atoms with Crippen LogP contribution in [0.5, 0.6) is 0 Å². The summed E-state index contributed by atoms with van der Waals surface area (Å²) >= 11 is 0. The van der Waals surface area contributed by atoms with Gasteiger partial charge in [0.1, 0.15) is 5.69 Å². The van der Waals surface area contributed by atoms with Crippen LogP contribution in [0.1, 0.15) is 22.7 Å². The van der Waals surface area contributed by atoms with E-state index in [2.05, 4.69) is 35.0 Å². The fraction of sp³-hybridized carbons (Fsp3) is 0.217. The minimum atomic E-state index is -1.04. The summed E-state index contributed by atoms with van der Waals surface area (Å²) in [5, 5.41) is 12.5. The van der Waals surface area contributed by atoms with Crippen molar-refractivity contribution in [3.63, 3.8) is 0 Å². The molecule has 0 bridgehead atoms. The van der Waals surface area contributed by atoms with E-state index in [9.17, 15) is 10.1 Å². The van der Waals surface area contributed by atoms with Crippen LogP contribution in [-0.2, 0) is 17.8 Å². The number of benzene rings is 2. The highest BCUT2D eigenvalue weighted by molar-refractivity contribution is 5.89. The molecule has 0 saturated heterocycles. The topological polar surface area (TPSA) is 81.9 Å². The first-order valence-corrected chi connectivity index (χ1v) is 9.58. The van der Waals surface area contributed by atoms with Crippen molar-refractivity contribution in [3.8, 4) is 6.07 Å². The lowest BCUT2D eigenvalue weighted by molar-refractivity contribution is -0.121. The molecule has 29 heavy (non-hydrogen) atoms.